The number of carbonyl (C=O) groups excluding carboxylic acids is 1. The minimum atomic E-state index is -0.0630. The Hall–Kier alpha value is -2.14. The third-order valence-corrected chi connectivity index (χ3v) is 5.17. The summed E-state index contributed by atoms with van der Waals surface area (Å²) < 4.78 is 1.72. The van der Waals surface area contributed by atoms with Crippen LogP contribution in [-0.2, 0) is 20.1 Å². The van der Waals surface area contributed by atoms with Crippen molar-refractivity contribution in [2.24, 2.45) is 13.0 Å². The number of nitrogens with one attached hydrogen (secondary N) is 1. The van der Waals surface area contributed by atoms with E-state index in [4.69, 9.17) is 0 Å². The number of aryl methyl sites for hydroxylation is 1. The summed E-state index contributed by atoms with van der Waals surface area (Å²) in [6, 6.07) is 8.41. The van der Waals surface area contributed by atoms with Crippen LogP contribution >= 0.6 is 0 Å². The molecule has 1 aromatic heterocycles. The Bertz CT molecular complexity index is 737. The quantitative estimate of drug-likeness (QED) is 0.910. The molecule has 1 N–H and O–H groups in total. The van der Waals surface area contributed by atoms with Gasteiger partial charge in [-0.2, -0.15) is 5.10 Å². The highest BCUT2D eigenvalue weighted by atomic mass is 16.1. The van der Waals surface area contributed by atoms with E-state index in [1.54, 1.807) is 10.9 Å². The van der Waals surface area contributed by atoms with Crippen LogP contribution in [-0.4, -0.2) is 33.7 Å². The van der Waals surface area contributed by atoms with E-state index >= 15 is 0 Å². The minimum absolute atomic E-state index is 0.0630. The fourth-order valence-corrected chi connectivity index (χ4v) is 3.55. The average molecular weight is 340 g/mol. The summed E-state index contributed by atoms with van der Waals surface area (Å²) in [5.41, 5.74) is 4.02. The summed E-state index contributed by atoms with van der Waals surface area (Å²) in [6.45, 7) is 8.08. The molecule has 5 nitrogen and oxygen atoms in total. The number of likely N-dealkylation sites (tertiary alicyclic amines) is 1. The van der Waals surface area contributed by atoms with Crippen molar-refractivity contribution in [1.29, 1.82) is 0 Å². The van der Waals surface area contributed by atoms with Gasteiger partial charge in [0.15, 0.2) is 0 Å². The average Bonchev–Trinajstić information content (AvgIpc) is 2.93. The molecule has 1 saturated heterocycles. The number of rotatable bonds is 5. The maximum absolute atomic E-state index is 12.4. The van der Waals surface area contributed by atoms with Crippen LogP contribution in [0.5, 0.6) is 0 Å². The summed E-state index contributed by atoms with van der Waals surface area (Å²) >= 11 is 0. The van der Waals surface area contributed by atoms with Crippen LogP contribution in [0.3, 0.4) is 0 Å². The van der Waals surface area contributed by atoms with Gasteiger partial charge in [-0.15, -0.1) is 0 Å². The molecular formula is C20H28N4O. The van der Waals surface area contributed by atoms with Crippen molar-refractivity contribution in [2.75, 3.05) is 13.1 Å². The lowest BCUT2D eigenvalue weighted by Crippen LogP contribution is -2.34. The molecule has 1 unspecified atom stereocenters. The number of hydrogen-bond donors (Lipinski definition) is 1. The zero-order valence-corrected chi connectivity index (χ0v) is 15.5. The number of nitrogens with zero attached hydrogens (tertiary/aromatic N) is 3. The van der Waals surface area contributed by atoms with Crippen LogP contribution in [0.15, 0.2) is 30.5 Å². The van der Waals surface area contributed by atoms with E-state index in [0.29, 0.717) is 12.1 Å². The summed E-state index contributed by atoms with van der Waals surface area (Å²) in [5.74, 6) is 0.709. The number of carbonyl (C=O) groups is 1. The van der Waals surface area contributed by atoms with E-state index in [2.05, 4.69) is 40.4 Å². The molecule has 1 amide bonds. The second kappa shape index (κ2) is 7.83. The molecule has 2 aromatic rings. The fraction of sp³-hybridized carbons (Fsp3) is 0.500. The van der Waals surface area contributed by atoms with Crippen molar-refractivity contribution in [3.05, 3.63) is 52.8 Å². The SMILES string of the molecule is Cc1c(C(=O)NCc2ccccc2CN2CCCC(C)C2)cnn1C. The van der Waals surface area contributed by atoms with Crippen LogP contribution in [0.2, 0.25) is 0 Å². The first-order chi connectivity index (χ1) is 12.0. The molecule has 0 aliphatic carbocycles. The lowest BCUT2D eigenvalue weighted by molar-refractivity contribution is 0.0950. The van der Waals surface area contributed by atoms with E-state index in [1.807, 2.05) is 20.0 Å². The van der Waals surface area contributed by atoms with Crippen molar-refractivity contribution in [2.45, 2.75) is 39.8 Å². The molecule has 1 atom stereocenters. The van der Waals surface area contributed by atoms with Crippen molar-refractivity contribution in [3.63, 3.8) is 0 Å². The Kier molecular flexibility index (Phi) is 5.53. The van der Waals surface area contributed by atoms with Gasteiger partial charge in [-0.05, 0) is 43.4 Å². The highest BCUT2D eigenvalue weighted by Crippen LogP contribution is 2.19. The Balaban J connectivity index is 1.64. The first-order valence-electron chi connectivity index (χ1n) is 9.10. The molecule has 1 fully saturated rings. The second-order valence-corrected chi connectivity index (χ2v) is 7.20. The van der Waals surface area contributed by atoms with Crippen molar-refractivity contribution in [1.82, 2.24) is 20.0 Å². The van der Waals surface area contributed by atoms with Gasteiger partial charge in [-0.3, -0.25) is 14.4 Å². The minimum Gasteiger partial charge on any atom is -0.348 e. The summed E-state index contributed by atoms with van der Waals surface area (Å²) in [7, 11) is 1.85. The lowest BCUT2D eigenvalue weighted by atomic mass is 9.99. The Morgan fingerprint density at radius 2 is 2.08 bits per heavy atom. The molecule has 3 rings (SSSR count). The van der Waals surface area contributed by atoms with Crippen LogP contribution in [0, 0.1) is 12.8 Å². The largest absolute Gasteiger partial charge is 0.348 e. The number of amides is 1. The monoisotopic (exact) mass is 340 g/mol. The predicted octanol–water partition coefficient (Wildman–Crippen LogP) is 2.89. The molecule has 1 aliphatic heterocycles. The summed E-state index contributed by atoms with van der Waals surface area (Å²) in [4.78, 5) is 14.9. The van der Waals surface area contributed by atoms with Gasteiger partial charge >= 0.3 is 0 Å². The van der Waals surface area contributed by atoms with Gasteiger partial charge in [0.2, 0.25) is 0 Å². The van der Waals surface area contributed by atoms with Crippen molar-refractivity contribution < 1.29 is 4.79 Å². The highest BCUT2D eigenvalue weighted by molar-refractivity contribution is 5.94. The fourth-order valence-electron chi connectivity index (χ4n) is 3.55. The first kappa shape index (κ1) is 17.7. The van der Waals surface area contributed by atoms with Crippen LogP contribution in [0.25, 0.3) is 0 Å². The standard InChI is InChI=1S/C20H28N4O/c1-15-7-6-10-24(13-15)14-18-9-5-4-8-17(18)11-21-20(25)19-12-22-23(3)16(19)2/h4-5,8-9,12,15H,6-7,10-11,13-14H2,1-3H3,(H,21,25). The molecule has 5 heteroatoms. The number of aromatic nitrogens is 2. The van der Waals surface area contributed by atoms with E-state index in [1.165, 1.54) is 30.5 Å². The zero-order valence-electron chi connectivity index (χ0n) is 15.5. The van der Waals surface area contributed by atoms with E-state index in [-0.39, 0.29) is 5.91 Å². The molecule has 0 bridgehead atoms. The van der Waals surface area contributed by atoms with Gasteiger partial charge in [0.25, 0.3) is 5.91 Å². The molecule has 1 aliphatic rings. The maximum Gasteiger partial charge on any atom is 0.255 e. The van der Waals surface area contributed by atoms with Crippen LogP contribution in [0.1, 0.15) is 46.9 Å². The van der Waals surface area contributed by atoms with E-state index in [0.717, 1.165) is 24.7 Å². The van der Waals surface area contributed by atoms with Crippen molar-refractivity contribution in [3.8, 4) is 0 Å². The van der Waals surface area contributed by atoms with Gasteiger partial charge in [0.05, 0.1) is 11.8 Å². The number of hydrogen-bond acceptors (Lipinski definition) is 3. The third kappa shape index (κ3) is 4.28. The topological polar surface area (TPSA) is 50.2 Å². The Morgan fingerprint density at radius 3 is 2.76 bits per heavy atom. The second-order valence-electron chi connectivity index (χ2n) is 7.20. The van der Waals surface area contributed by atoms with Gasteiger partial charge in [0, 0.05) is 32.4 Å². The lowest BCUT2D eigenvalue weighted by Gasteiger charge is -2.31. The van der Waals surface area contributed by atoms with E-state index in [9.17, 15) is 4.79 Å². The number of benzene rings is 1. The molecule has 0 spiro atoms. The smallest absolute Gasteiger partial charge is 0.255 e. The zero-order chi connectivity index (χ0) is 17.8. The van der Waals surface area contributed by atoms with Gasteiger partial charge < -0.3 is 5.32 Å². The predicted molar refractivity (Wildman–Crippen MR) is 99.2 cm³/mol. The van der Waals surface area contributed by atoms with Crippen LogP contribution < -0.4 is 5.32 Å². The molecule has 25 heavy (non-hydrogen) atoms. The van der Waals surface area contributed by atoms with Gasteiger partial charge in [-0.25, -0.2) is 0 Å². The normalized spacial score (nSPS) is 18.3. The van der Waals surface area contributed by atoms with Gasteiger partial charge in [0.1, 0.15) is 0 Å². The maximum atomic E-state index is 12.4. The molecule has 1 aromatic carbocycles. The van der Waals surface area contributed by atoms with Crippen molar-refractivity contribution >= 4 is 5.91 Å². The highest BCUT2D eigenvalue weighted by Gasteiger charge is 2.18. The molecule has 134 valence electrons. The summed E-state index contributed by atoms with van der Waals surface area (Å²) in [6.07, 6.45) is 4.24. The molecule has 2 heterocycles. The molecular weight excluding hydrogens is 312 g/mol. The summed E-state index contributed by atoms with van der Waals surface area (Å²) in [5, 5.41) is 7.19. The van der Waals surface area contributed by atoms with Crippen LogP contribution in [0.4, 0.5) is 0 Å². The Labute approximate surface area is 150 Å². The van der Waals surface area contributed by atoms with Gasteiger partial charge in [-0.1, -0.05) is 31.2 Å². The molecule has 0 radical (unpaired) electrons. The molecule has 0 saturated carbocycles. The first-order valence-corrected chi connectivity index (χ1v) is 9.10. The number of piperidine rings is 1. The van der Waals surface area contributed by atoms with E-state index < -0.39 is 0 Å². The Morgan fingerprint density at radius 1 is 1.32 bits per heavy atom. The third-order valence-electron chi connectivity index (χ3n) is 5.17.